The van der Waals surface area contributed by atoms with E-state index < -0.39 is 29.6 Å². The molecule has 2 N–H and O–H groups in total. The molecular formula is C14H14F2N2O4S. The number of rotatable bonds is 6. The summed E-state index contributed by atoms with van der Waals surface area (Å²) in [6, 6.07) is 3.05. The van der Waals surface area contributed by atoms with Crippen LogP contribution in [0.5, 0.6) is 0 Å². The zero-order chi connectivity index (χ0) is 17.0. The third kappa shape index (κ3) is 4.92. The van der Waals surface area contributed by atoms with E-state index in [4.69, 9.17) is 10.5 Å². The highest BCUT2D eigenvalue weighted by atomic mass is 32.2. The van der Waals surface area contributed by atoms with Crippen LogP contribution in [0, 0.1) is 11.6 Å². The Hall–Kier alpha value is -2.16. The summed E-state index contributed by atoms with van der Waals surface area (Å²) in [5.74, 6) is -3.23. The van der Waals surface area contributed by atoms with Crippen LogP contribution in [-0.2, 0) is 19.1 Å². The van der Waals surface area contributed by atoms with Crippen LogP contribution in [0.2, 0.25) is 0 Å². The molecule has 23 heavy (non-hydrogen) atoms. The molecule has 1 saturated heterocycles. The van der Waals surface area contributed by atoms with Crippen molar-refractivity contribution in [1.82, 2.24) is 4.90 Å². The molecular weight excluding hydrogens is 330 g/mol. The molecule has 1 aromatic carbocycles. The molecule has 0 aliphatic carbocycles. The van der Waals surface area contributed by atoms with Crippen molar-refractivity contribution in [3.05, 3.63) is 29.8 Å². The molecule has 2 amide bonds. The number of ether oxygens (including phenoxy) is 1. The van der Waals surface area contributed by atoms with Gasteiger partial charge in [0.2, 0.25) is 11.8 Å². The van der Waals surface area contributed by atoms with Crippen molar-refractivity contribution in [2.24, 2.45) is 5.73 Å². The molecule has 0 spiro atoms. The number of primary amides is 1. The molecule has 0 saturated carbocycles. The first kappa shape index (κ1) is 17.2. The smallest absolute Gasteiger partial charge is 0.316 e. The van der Waals surface area contributed by atoms with Crippen LogP contribution in [0.15, 0.2) is 23.1 Å². The average molecular weight is 344 g/mol. The summed E-state index contributed by atoms with van der Waals surface area (Å²) < 4.78 is 31.3. The van der Waals surface area contributed by atoms with Gasteiger partial charge in [-0.2, -0.15) is 0 Å². The lowest BCUT2D eigenvalue weighted by molar-refractivity contribution is -0.145. The second kappa shape index (κ2) is 7.40. The number of carbonyl (C=O) groups excluding carboxylic acids is 3. The monoisotopic (exact) mass is 344 g/mol. The number of halogens is 2. The Morgan fingerprint density at radius 2 is 2.13 bits per heavy atom. The first-order valence-corrected chi connectivity index (χ1v) is 7.67. The first-order chi connectivity index (χ1) is 10.8. The van der Waals surface area contributed by atoms with Crippen LogP contribution in [0.3, 0.4) is 0 Å². The Morgan fingerprint density at radius 1 is 1.39 bits per heavy atom. The van der Waals surface area contributed by atoms with Gasteiger partial charge in [-0.25, -0.2) is 8.78 Å². The Bertz CT molecular complexity index is 641. The summed E-state index contributed by atoms with van der Waals surface area (Å²) in [6.45, 7) is -0.120. The maximum atomic E-state index is 13.4. The lowest BCUT2D eigenvalue weighted by Gasteiger charge is -2.14. The molecule has 2 rings (SSSR count). The Labute approximate surface area is 134 Å². The van der Waals surface area contributed by atoms with Gasteiger partial charge in [0, 0.05) is 11.0 Å². The normalized spacial score (nSPS) is 17.4. The number of likely N-dealkylation sites (tertiary alicyclic amines) is 1. The van der Waals surface area contributed by atoms with Crippen LogP contribution < -0.4 is 5.73 Å². The van der Waals surface area contributed by atoms with Gasteiger partial charge in [-0.3, -0.25) is 14.4 Å². The topological polar surface area (TPSA) is 89.7 Å². The number of benzene rings is 1. The lowest BCUT2D eigenvalue weighted by Crippen LogP contribution is -2.35. The number of esters is 1. The number of nitrogens with two attached hydrogens (primary N) is 1. The summed E-state index contributed by atoms with van der Waals surface area (Å²) in [7, 11) is 0. The van der Waals surface area contributed by atoms with Crippen molar-refractivity contribution in [2.45, 2.75) is 17.4 Å². The molecule has 0 bridgehead atoms. The average Bonchev–Trinajstić information content (AvgIpc) is 2.77. The Kier molecular flexibility index (Phi) is 5.54. The van der Waals surface area contributed by atoms with Gasteiger partial charge in [-0.15, -0.1) is 11.8 Å². The van der Waals surface area contributed by atoms with Crippen LogP contribution in [0.1, 0.15) is 6.42 Å². The minimum Gasteiger partial charge on any atom is -0.459 e. The van der Waals surface area contributed by atoms with Gasteiger partial charge in [0.25, 0.3) is 0 Å². The van der Waals surface area contributed by atoms with E-state index in [-0.39, 0.29) is 36.1 Å². The highest BCUT2D eigenvalue weighted by molar-refractivity contribution is 8.00. The maximum absolute atomic E-state index is 13.4. The molecule has 1 fully saturated rings. The fourth-order valence-electron chi connectivity index (χ4n) is 2.10. The van der Waals surface area contributed by atoms with Gasteiger partial charge < -0.3 is 15.4 Å². The van der Waals surface area contributed by atoms with Crippen LogP contribution in [-0.4, -0.2) is 47.6 Å². The SMILES string of the molecule is NC(=O)CN1C[C@@H](OC(=O)CSc2ccc(F)cc2F)CC1=O. The van der Waals surface area contributed by atoms with Gasteiger partial charge in [0.05, 0.1) is 25.3 Å². The fraction of sp³-hybridized carbons (Fsp3) is 0.357. The second-order valence-electron chi connectivity index (χ2n) is 4.92. The summed E-state index contributed by atoms with van der Waals surface area (Å²) in [5, 5.41) is 0. The number of hydrogen-bond donors (Lipinski definition) is 1. The first-order valence-electron chi connectivity index (χ1n) is 6.68. The van der Waals surface area contributed by atoms with Gasteiger partial charge in [0.1, 0.15) is 17.7 Å². The zero-order valence-electron chi connectivity index (χ0n) is 12.0. The Balaban J connectivity index is 1.81. The van der Waals surface area contributed by atoms with E-state index in [1.807, 2.05) is 0 Å². The van der Waals surface area contributed by atoms with Crippen molar-refractivity contribution >= 4 is 29.5 Å². The molecule has 1 aliphatic rings. The molecule has 124 valence electrons. The quantitative estimate of drug-likeness (QED) is 0.606. The lowest BCUT2D eigenvalue weighted by atomic mass is 10.3. The molecule has 1 aromatic rings. The summed E-state index contributed by atoms with van der Waals surface area (Å²) in [5.41, 5.74) is 5.01. The van der Waals surface area contributed by atoms with Gasteiger partial charge in [0.15, 0.2) is 0 Å². The van der Waals surface area contributed by atoms with Gasteiger partial charge in [-0.1, -0.05) is 0 Å². The van der Waals surface area contributed by atoms with E-state index in [2.05, 4.69) is 0 Å². The number of carbonyl (C=O) groups is 3. The van der Waals surface area contributed by atoms with E-state index in [0.717, 1.165) is 23.9 Å². The zero-order valence-corrected chi connectivity index (χ0v) is 12.8. The fourth-order valence-corrected chi connectivity index (χ4v) is 2.81. The van der Waals surface area contributed by atoms with Crippen molar-refractivity contribution in [2.75, 3.05) is 18.8 Å². The van der Waals surface area contributed by atoms with Crippen molar-refractivity contribution in [1.29, 1.82) is 0 Å². The van der Waals surface area contributed by atoms with E-state index in [0.29, 0.717) is 0 Å². The van der Waals surface area contributed by atoms with Crippen LogP contribution in [0.4, 0.5) is 8.78 Å². The number of thioether (sulfide) groups is 1. The van der Waals surface area contributed by atoms with E-state index in [1.54, 1.807) is 0 Å². The van der Waals surface area contributed by atoms with Crippen molar-refractivity contribution < 1.29 is 27.9 Å². The molecule has 1 heterocycles. The molecule has 9 heteroatoms. The minimum atomic E-state index is -0.758. The molecule has 1 aliphatic heterocycles. The van der Waals surface area contributed by atoms with Crippen molar-refractivity contribution in [3.63, 3.8) is 0 Å². The van der Waals surface area contributed by atoms with Crippen LogP contribution in [0.25, 0.3) is 0 Å². The van der Waals surface area contributed by atoms with Crippen LogP contribution >= 0.6 is 11.8 Å². The molecule has 1 atom stereocenters. The third-order valence-corrected chi connectivity index (χ3v) is 4.09. The predicted molar refractivity (Wildman–Crippen MR) is 77.4 cm³/mol. The highest BCUT2D eigenvalue weighted by Gasteiger charge is 2.32. The van der Waals surface area contributed by atoms with Gasteiger partial charge in [-0.05, 0) is 12.1 Å². The summed E-state index contributed by atoms with van der Waals surface area (Å²) in [6.07, 6.45) is -0.678. The second-order valence-corrected chi connectivity index (χ2v) is 5.94. The largest absolute Gasteiger partial charge is 0.459 e. The standard InChI is InChI=1S/C14H14F2N2O4S/c15-8-1-2-11(10(16)3-8)23-7-14(21)22-9-4-13(20)18(5-9)6-12(17)19/h1-3,9H,4-7H2,(H2,17,19)/t9-/m0/s1. The van der Waals surface area contributed by atoms with Crippen molar-refractivity contribution in [3.8, 4) is 0 Å². The highest BCUT2D eigenvalue weighted by Crippen LogP contribution is 2.23. The number of hydrogen-bond acceptors (Lipinski definition) is 5. The molecule has 6 nitrogen and oxygen atoms in total. The molecule has 0 radical (unpaired) electrons. The molecule has 0 aromatic heterocycles. The Morgan fingerprint density at radius 3 is 2.78 bits per heavy atom. The maximum Gasteiger partial charge on any atom is 0.316 e. The third-order valence-electron chi connectivity index (χ3n) is 3.06. The van der Waals surface area contributed by atoms with E-state index in [9.17, 15) is 23.2 Å². The summed E-state index contributed by atoms with van der Waals surface area (Å²) >= 11 is 0.871. The van der Waals surface area contributed by atoms with Gasteiger partial charge >= 0.3 is 5.97 Å². The molecule has 0 unspecified atom stereocenters. The predicted octanol–water partition coefficient (Wildman–Crippen LogP) is 0.686. The number of amides is 2. The van der Waals surface area contributed by atoms with E-state index >= 15 is 0 Å². The van der Waals surface area contributed by atoms with E-state index in [1.165, 1.54) is 11.0 Å². The minimum absolute atomic E-state index is 0.0192. The number of nitrogens with zero attached hydrogens (tertiary/aromatic N) is 1. The summed E-state index contributed by atoms with van der Waals surface area (Å²) in [4.78, 5) is 35.5.